The number of piperidine rings is 1. The zero-order chi connectivity index (χ0) is 17.2. The quantitative estimate of drug-likeness (QED) is 0.699. The Kier molecular flexibility index (Phi) is 7.48. The molecular weight excluding hydrogens is 386 g/mol. The van der Waals surface area contributed by atoms with Gasteiger partial charge in [0.15, 0.2) is 0 Å². The molecule has 27 heavy (non-hydrogen) atoms. The normalized spacial score (nSPS) is 14.7. The monoisotopic (exact) mass is 410 g/mol. The highest BCUT2D eigenvalue weighted by Crippen LogP contribution is 2.27. The van der Waals surface area contributed by atoms with Crippen molar-refractivity contribution in [2.24, 2.45) is 11.7 Å². The second-order valence-electron chi connectivity index (χ2n) is 6.78. The maximum Gasteiger partial charge on any atom is 0.206 e. The van der Waals surface area contributed by atoms with E-state index in [0.29, 0.717) is 12.5 Å². The average Bonchev–Trinajstić information content (AvgIpc) is 3.02. The lowest BCUT2D eigenvalue weighted by molar-refractivity contribution is 0.409. The van der Waals surface area contributed by atoms with Crippen molar-refractivity contribution in [2.45, 2.75) is 19.4 Å². The molecule has 2 aromatic carbocycles. The Bertz CT molecular complexity index is 858. The first-order valence-corrected chi connectivity index (χ1v) is 8.89. The smallest absolute Gasteiger partial charge is 0.206 e. The summed E-state index contributed by atoms with van der Waals surface area (Å²) < 4.78 is 15.5. The second-order valence-corrected chi connectivity index (χ2v) is 6.78. The van der Waals surface area contributed by atoms with E-state index in [4.69, 9.17) is 10.7 Å². The number of hydrogen-bond donors (Lipinski definition) is 1. The van der Waals surface area contributed by atoms with Crippen LogP contribution in [0.4, 0.5) is 10.3 Å². The van der Waals surface area contributed by atoms with Gasteiger partial charge in [-0.15, -0.1) is 24.8 Å². The van der Waals surface area contributed by atoms with E-state index in [1.54, 1.807) is 0 Å². The molecule has 2 heterocycles. The number of para-hydroxylation sites is 2. The fourth-order valence-electron chi connectivity index (χ4n) is 3.60. The van der Waals surface area contributed by atoms with Crippen LogP contribution in [0, 0.1) is 11.7 Å². The predicted octanol–water partition coefficient (Wildman–Crippen LogP) is 4.24. The number of aromatic nitrogens is 2. The van der Waals surface area contributed by atoms with Crippen LogP contribution in [0.2, 0.25) is 0 Å². The van der Waals surface area contributed by atoms with Gasteiger partial charge in [0.1, 0.15) is 5.82 Å². The number of nitrogens with zero attached hydrogens (tertiary/aromatic N) is 3. The lowest BCUT2D eigenvalue weighted by Gasteiger charge is -2.32. The number of benzene rings is 2. The van der Waals surface area contributed by atoms with Gasteiger partial charge < -0.3 is 15.2 Å². The first kappa shape index (κ1) is 21.5. The number of fused-ring (bicyclic) bond motifs is 1. The van der Waals surface area contributed by atoms with E-state index in [0.717, 1.165) is 55.0 Å². The Morgan fingerprint density at radius 2 is 1.67 bits per heavy atom. The Morgan fingerprint density at radius 3 is 2.33 bits per heavy atom. The number of hydrogen-bond acceptors (Lipinski definition) is 3. The van der Waals surface area contributed by atoms with E-state index >= 15 is 0 Å². The van der Waals surface area contributed by atoms with Gasteiger partial charge >= 0.3 is 0 Å². The molecule has 0 bridgehead atoms. The fourth-order valence-corrected chi connectivity index (χ4v) is 3.60. The zero-order valence-corrected chi connectivity index (χ0v) is 16.7. The summed E-state index contributed by atoms with van der Waals surface area (Å²) >= 11 is 0. The number of anilines is 1. The van der Waals surface area contributed by atoms with Gasteiger partial charge in [0.2, 0.25) is 5.95 Å². The lowest BCUT2D eigenvalue weighted by Crippen LogP contribution is -2.37. The summed E-state index contributed by atoms with van der Waals surface area (Å²) in [5.41, 5.74) is 9.01. The van der Waals surface area contributed by atoms with E-state index in [1.807, 2.05) is 30.3 Å². The number of rotatable bonds is 4. The molecule has 1 fully saturated rings. The van der Waals surface area contributed by atoms with Gasteiger partial charge in [-0.1, -0.05) is 24.3 Å². The van der Waals surface area contributed by atoms with Crippen LogP contribution >= 0.6 is 24.8 Å². The summed E-state index contributed by atoms with van der Waals surface area (Å²) in [7, 11) is 0. The summed E-state index contributed by atoms with van der Waals surface area (Å²) in [6, 6.07) is 14.9. The number of nitrogens with two attached hydrogens (primary N) is 1. The Balaban J connectivity index is 0.00000131. The van der Waals surface area contributed by atoms with Gasteiger partial charge in [-0.05, 0) is 55.1 Å². The van der Waals surface area contributed by atoms with Gasteiger partial charge in [-0.3, -0.25) is 0 Å². The molecule has 7 heteroatoms. The van der Waals surface area contributed by atoms with E-state index in [1.165, 1.54) is 12.1 Å². The molecule has 1 saturated heterocycles. The highest BCUT2D eigenvalue weighted by molar-refractivity contribution is 5.85. The van der Waals surface area contributed by atoms with Crippen molar-refractivity contribution in [3.05, 3.63) is 59.9 Å². The van der Waals surface area contributed by atoms with Crippen molar-refractivity contribution in [1.29, 1.82) is 0 Å². The topological polar surface area (TPSA) is 47.1 Å². The molecule has 0 spiro atoms. The molecule has 0 aliphatic carbocycles. The summed E-state index contributed by atoms with van der Waals surface area (Å²) in [6.07, 6.45) is 2.21. The van der Waals surface area contributed by atoms with Crippen LogP contribution in [0.25, 0.3) is 11.0 Å². The summed E-state index contributed by atoms with van der Waals surface area (Å²) in [4.78, 5) is 7.24. The van der Waals surface area contributed by atoms with Gasteiger partial charge in [0, 0.05) is 13.1 Å². The minimum atomic E-state index is -0.205. The first-order chi connectivity index (χ1) is 12.2. The Morgan fingerprint density at radius 1 is 1.00 bits per heavy atom. The molecule has 0 saturated carbocycles. The van der Waals surface area contributed by atoms with Crippen LogP contribution < -0.4 is 10.6 Å². The molecular formula is C20H25Cl2FN4. The predicted molar refractivity (Wildman–Crippen MR) is 114 cm³/mol. The van der Waals surface area contributed by atoms with Crippen LogP contribution in [0.15, 0.2) is 48.5 Å². The molecule has 0 amide bonds. The molecule has 1 aliphatic heterocycles. The van der Waals surface area contributed by atoms with E-state index in [-0.39, 0.29) is 30.6 Å². The SMILES string of the molecule is Cl.Cl.NCC1CCN(c2nc3ccccc3n2Cc2ccc(F)cc2)CC1. The molecule has 4 nitrogen and oxygen atoms in total. The molecule has 0 unspecified atom stereocenters. The van der Waals surface area contributed by atoms with E-state index in [2.05, 4.69) is 15.5 Å². The molecule has 0 radical (unpaired) electrons. The van der Waals surface area contributed by atoms with Gasteiger partial charge in [-0.2, -0.15) is 0 Å². The Labute approximate surface area is 171 Å². The highest BCUT2D eigenvalue weighted by Gasteiger charge is 2.23. The van der Waals surface area contributed by atoms with Crippen molar-refractivity contribution in [3.8, 4) is 0 Å². The van der Waals surface area contributed by atoms with Crippen molar-refractivity contribution in [1.82, 2.24) is 9.55 Å². The molecule has 1 aromatic heterocycles. The third kappa shape index (κ3) is 4.54. The van der Waals surface area contributed by atoms with E-state index < -0.39 is 0 Å². The summed E-state index contributed by atoms with van der Waals surface area (Å²) in [5, 5.41) is 0. The van der Waals surface area contributed by atoms with Gasteiger partial charge in [-0.25, -0.2) is 9.37 Å². The molecule has 1 aliphatic rings. The third-order valence-electron chi connectivity index (χ3n) is 5.12. The molecule has 146 valence electrons. The maximum absolute atomic E-state index is 13.2. The third-order valence-corrected chi connectivity index (χ3v) is 5.12. The minimum absolute atomic E-state index is 0. The van der Waals surface area contributed by atoms with Crippen LogP contribution in [-0.4, -0.2) is 29.2 Å². The largest absolute Gasteiger partial charge is 0.342 e. The number of imidazole rings is 1. The average molecular weight is 411 g/mol. The van der Waals surface area contributed by atoms with Crippen LogP contribution in [0.5, 0.6) is 0 Å². The van der Waals surface area contributed by atoms with Gasteiger partial charge in [0.05, 0.1) is 17.6 Å². The first-order valence-electron chi connectivity index (χ1n) is 8.89. The number of halogens is 3. The van der Waals surface area contributed by atoms with Crippen molar-refractivity contribution in [2.75, 3.05) is 24.5 Å². The summed E-state index contributed by atoms with van der Waals surface area (Å²) in [5.74, 6) is 1.41. The van der Waals surface area contributed by atoms with Crippen molar-refractivity contribution in [3.63, 3.8) is 0 Å². The van der Waals surface area contributed by atoms with Crippen LogP contribution in [0.3, 0.4) is 0 Å². The molecule has 4 rings (SSSR count). The van der Waals surface area contributed by atoms with Crippen molar-refractivity contribution < 1.29 is 4.39 Å². The van der Waals surface area contributed by atoms with Crippen LogP contribution in [-0.2, 0) is 6.54 Å². The molecule has 0 atom stereocenters. The highest BCUT2D eigenvalue weighted by atomic mass is 35.5. The molecule has 2 N–H and O–H groups in total. The Hall–Kier alpha value is -1.82. The minimum Gasteiger partial charge on any atom is -0.342 e. The van der Waals surface area contributed by atoms with Crippen molar-refractivity contribution >= 4 is 41.8 Å². The van der Waals surface area contributed by atoms with Gasteiger partial charge in [0.25, 0.3) is 0 Å². The second kappa shape index (κ2) is 9.40. The van der Waals surface area contributed by atoms with Crippen LogP contribution in [0.1, 0.15) is 18.4 Å². The molecule has 3 aromatic rings. The zero-order valence-electron chi connectivity index (χ0n) is 15.1. The standard InChI is InChI=1S/C20H23FN4.2ClH/c21-17-7-5-16(6-8-17)14-25-19-4-2-1-3-18(19)23-20(25)24-11-9-15(13-22)10-12-24;;/h1-8,15H,9-14,22H2;2*1H. The van der Waals surface area contributed by atoms with E-state index in [9.17, 15) is 4.39 Å². The maximum atomic E-state index is 13.2. The fraction of sp³-hybridized carbons (Fsp3) is 0.350. The lowest BCUT2D eigenvalue weighted by atomic mass is 9.97. The summed E-state index contributed by atoms with van der Waals surface area (Å²) in [6.45, 7) is 3.41.